The van der Waals surface area contributed by atoms with E-state index in [4.69, 9.17) is 5.73 Å². The van der Waals surface area contributed by atoms with E-state index in [1.807, 2.05) is 13.8 Å². The second-order valence-corrected chi connectivity index (χ2v) is 5.37. The quantitative estimate of drug-likeness (QED) is 0.897. The summed E-state index contributed by atoms with van der Waals surface area (Å²) in [6.45, 7) is 4.01. The van der Waals surface area contributed by atoms with Crippen LogP contribution in [0.3, 0.4) is 0 Å². The van der Waals surface area contributed by atoms with E-state index in [1.54, 1.807) is 0 Å². The van der Waals surface area contributed by atoms with Gasteiger partial charge in [-0.3, -0.25) is 0 Å². The molecule has 2 aromatic rings. The molecular weight excluding hydrogens is 248 g/mol. The number of aromatic nitrogens is 2. The Morgan fingerprint density at radius 1 is 1.20 bits per heavy atom. The van der Waals surface area contributed by atoms with E-state index in [-0.39, 0.29) is 0 Å². The molecule has 104 valence electrons. The molecule has 0 bridgehead atoms. The lowest BCUT2D eigenvalue weighted by Crippen LogP contribution is -2.22. The molecule has 1 aromatic carbocycles. The topological polar surface area (TPSA) is 63.8 Å². The molecule has 0 radical (unpaired) electrons. The number of anilines is 2. The van der Waals surface area contributed by atoms with Crippen LogP contribution in [0.4, 0.5) is 11.6 Å². The van der Waals surface area contributed by atoms with Crippen molar-refractivity contribution in [3.63, 3.8) is 0 Å². The van der Waals surface area contributed by atoms with Crippen LogP contribution in [0.1, 0.15) is 29.4 Å². The van der Waals surface area contributed by atoms with E-state index in [2.05, 4.69) is 39.6 Å². The molecule has 0 unspecified atom stereocenters. The van der Waals surface area contributed by atoms with Crippen molar-refractivity contribution in [3.8, 4) is 0 Å². The summed E-state index contributed by atoms with van der Waals surface area (Å²) >= 11 is 0. The van der Waals surface area contributed by atoms with E-state index in [1.165, 1.54) is 11.1 Å². The predicted octanol–water partition coefficient (Wildman–Crippen LogP) is 2.51. The summed E-state index contributed by atoms with van der Waals surface area (Å²) in [6, 6.07) is 9.00. The first kappa shape index (κ1) is 12.9. The highest BCUT2D eigenvalue weighted by Crippen LogP contribution is 2.26. The maximum Gasteiger partial charge on any atom is 0.135 e. The molecule has 4 heteroatoms. The zero-order valence-electron chi connectivity index (χ0n) is 12.0. The minimum Gasteiger partial charge on any atom is -0.383 e. The lowest BCUT2D eigenvalue weighted by Gasteiger charge is -2.16. The molecule has 1 aliphatic carbocycles. The highest BCUT2D eigenvalue weighted by Gasteiger charge is 2.22. The summed E-state index contributed by atoms with van der Waals surface area (Å²) in [5.41, 5.74) is 9.77. The van der Waals surface area contributed by atoms with E-state index >= 15 is 0 Å². The van der Waals surface area contributed by atoms with Gasteiger partial charge in [-0.2, -0.15) is 0 Å². The first-order valence-electron chi connectivity index (χ1n) is 7.13. The van der Waals surface area contributed by atoms with Crippen LogP contribution in [0.5, 0.6) is 0 Å². The standard InChI is InChI=1S/C16H20N4/c1-3-14-19-15(17)10(2)16(20-14)18-13-8-11-6-4-5-7-12(11)9-13/h4-7,13H,3,8-9H2,1-2H3,(H3,17,18,19,20). The van der Waals surface area contributed by atoms with Crippen molar-refractivity contribution in [2.75, 3.05) is 11.1 Å². The highest BCUT2D eigenvalue weighted by molar-refractivity contribution is 5.56. The Labute approximate surface area is 119 Å². The van der Waals surface area contributed by atoms with Crippen molar-refractivity contribution in [1.29, 1.82) is 0 Å². The molecule has 0 saturated heterocycles. The molecule has 0 amide bonds. The Morgan fingerprint density at radius 2 is 1.85 bits per heavy atom. The summed E-state index contributed by atoms with van der Waals surface area (Å²) in [7, 11) is 0. The van der Waals surface area contributed by atoms with Gasteiger partial charge in [0.1, 0.15) is 17.5 Å². The molecule has 1 aromatic heterocycles. The van der Waals surface area contributed by atoms with Crippen LogP contribution < -0.4 is 11.1 Å². The molecule has 0 atom stereocenters. The van der Waals surface area contributed by atoms with Gasteiger partial charge in [0.25, 0.3) is 0 Å². The third-order valence-electron chi connectivity index (χ3n) is 3.94. The highest BCUT2D eigenvalue weighted by atomic mass is 15.1. The first-order chi connectivity index (χ1) is 9.67. The second kappa shape index (κ2) is 5.12. The first-order valence-corrected chi connectivity index (χ1v) is 7.13. The maximum absolute atomic E-state index is 5.96. The van der Waals surface area contributed by atoms with Gasteiger partial charge in [-0.05, 0) is 30.9 Å². The third-order valence-corrected chi connectivity index (χ3v) is 3.94. The smallest absolute Gasteiger partial charge is 0.135 e. The van der Waals surface area contributed by atoms with Gasteiger partial charge in [-0.25, -0.2) is 9.97 Å². The van der Waals surface area contributed by atoms with Gasteiger partial charge in [-0.1, -0.05) is 31.2 Å². The van der Waals surface area contributed by atoms with Crippen LogP contribution in [-0.2, 0) is 19.3 Å². The van der Waals surface area contributed by atoms with Crippen molar-refractivity contribution >= 4 is 11.6 Å². The molecule has 0 fully saturated rings. The largest absolute Gasteiger partial charge is 0.383 e. The van der Waals surface area contributed by atoms with Gasteiger partial charge in [0.2, 0.25) is 0 Å². The van der Waals surface area contributed by atoms with Crippen LogP contribution in [0.15, 0.2) is 24.3 Å². The van der Waals surface area contributed by atoms with E-state index in [9.17, 15) is 0 Å². The van der Waals surface area contributed by atoms with Gasteiger partial charge in [0, 0.05) is 18.0 Å². The number of hydrogen-bond acceptors (Lipinski definition) is 4. The van der Waals surface area contributed by atoms with Gasteiger partial charge >= 0.3 is 0 Å². The van der Waals surface area contributed by atoms with Crippen LogP contribution in [0.2, 0.25) is 0 Å². The Morgan fingerprint density at radius 3 is 2.45 bits per heavy atom. The molecule has 20 heavy (non-hydrogen) atoms. The molecule has 0 saturated carbocycles. The number of nitrogens with two attached hydrogens (primary N) is 1. The second-order valence-electron chi connectivity index (χ2n) is 5.37. The molecule has 4 nitrogen and oxygen atoms in total. The van der Waals surface area contributed by atoms with Crippen LogP contribution >= 0.6 is 0 Å². The Kier molecular flexibility index (Phi) is 3.30. The number of benzene rings is 1. The Bertz CT molecular complexity index is 611. The average molecular weight is 268 g/mol. The van der Waals surface area contributed by atoms with Crippen LogP contribution in [0.25, 0.3) is 0 Å². The van der Waals surface area contributed by atoms with Crippen molar-refractivity contribution in [2.24, 2.45) is 0 Å². The van der Waals surface area contributed by atoms with E-state index in [0.717, 1.165) is 36.5 Å². The Hall–Kier alpha value is -2.10. The van der Waals surface area contributed by atoms with Crippen LogP contribution in [-0.4, -0.2) is 16.0 Å². The van der Waals surface area contributed by atoms with E-state index in [0.29, 0.717) is 11.9 Å². The Balaban J connectivity index is 1.82. The molecule has 0 spiro atoms. The lowest BCUT2D eigenvalue weighted by atomic mass is 10.1. The number of nitrogens with one attached hydrogen (secondary N) is 1. The number of hydrogen-bond donors (Lipinski definition) is 2. The summed E-state index contributed by atoms with van der Waals surface area (Å²) < 4.78 is 0. The number of nitrogen functional groups attached to an aromatic ring is 1. The van der Waals surface area contributed by atoms with Crippen LogP contribution in [0, 0.1) is 6.92 Å². The minimum atomic E-state index is 0.394. The normalized spacial score (nSPS) is 14.3. The number of aryl methyl sites for hydroxylation is 1. The van der Waals surface area contributed by atoms with Gasteiger partial charge in [0.15, 0.2) is 0 Å². The molecule has 1 heterocycles. The number of rotatable bonds is 3. The zero-order valence-corrected chi connectivity index (χ0v) is 12.0. The lowest BCUT2D eigenvalue weighted by molar-refractivity contribution is 0.762. The van der Waals surface area contributed by atoms with Crippen molar-refractivity contribution in [2.45, 2.75) is 39.2 Å². The summed E-state index contributed by atoms with van der Waals surface area (Å²) in [5.74, 6) is 2.26. The molecule has 0 aliphatic heterocycles. The SMILES string of the molecule is CCc1nc(N)c(C)c(NC2Cc3ccccc3C2)n1. The third kappa shape index (κ3) is 2.33. The fraction of sp³-hybridized carbons (Fsp3) is 0.375. The molecule has 1 aliphatic rings. The summed E-state index contributed by atoms with van der Waals surface area (Å²) in [5, 5.41) is 3.54. The maximum atomic E-state index is 5.96. The molecule has 3 N–H and O–H groups in total. The summed E-state index contributed by atoms with van der Waals surface area (Å²) in [6.07, 6.45) is 2.88. The predicted molar refractivity (Wildman–Crippen MR) is 81.8 cm³/mol. The van der Waals surface area contributed by atoms with Gasteiger partial charge in [0.05, 0.1) is 0 Å². The van der Waals surface area contributed by atoms with Gasteiger partial charge in [-0.15, -0.1) is 0 Å². The molecule has 3 rings (SSSR count). The molecular formula is C16H20N4. The number of nitrogens with zero attached hydrogens (tertiary/aromatic N) is 2. The minimum absolute atomic E-state index is 0.394. The van der Waals surface area contributed by atoms with Crippen molar-refractivity contribution in [1.82, 2.24) is 9.97 Å². The average Bonchev–Trinajstić information content (AvgIpc) is 2.85. The number of fused-ring (bicyclic) bond motifs is 1. The fourth-order valence-corrected chi connectivity index (χ4v) is 2.74. The van der Waals surface area contributed by atoms with Crippen molar-refractivity contribution in [3.05, 3.63) is 46.8 Å². The van der Waals surface area contributed by atoms with Crippen molar-refractivity contribution < 1.29 is 0 Å². The fourth-order valence-electron chi connectivity index (χ4n) is 2.74. The summed E-state index contributed by atoms with van der Waals surface area (Å²) in [4.78, 5) is 8.87. The van der Waals surface area contributed by atoms with E-state index < -0.39 is 0 Å². The van der Waals surface area contributed by atoms with Gasteiger partial charge < -0.3 is 11.1 Å². The monoisotopic (exact) mass is 268 g/mol. The zero-order chi connectivity index (χ0) is 14.1.